The van der Waals surface area contributed by atoms with Crippen LogP contribution in [0, 0.1) is 0 Å². The molecule has 0 bridgehead atoms. The van der Waals surface area contributed by atoms with Gasteiger partial charge in [-0.05, 0) is 29.1 Å². The molecule has 3 aromatic rings. The SMILES string of the molecule is CN(Cc1cccnc1)C(=O)c1ccccc1C(=O)c1cccs1. The fourth-order valence-corrected chi connectivity index (χ4v) is 3.13. The Bertz CT molecular complexity index is 845. The van der Waals surface area contributed by atoms with Crippen LogP contribution < -0.4 is 0 Å². The van der Waals surface area contributed by atoms with Crippen molar-refractivity contribution in [3.63, 3.8) is 0 Å². The fourth-order valence-electron chi connectivity index (χ4n) is 2.45. The predicted molar refractivity (Wildman–Crippen MR) is 94.2 cm³/mol. The zero-order chi connectivity index (χ0) is 16.9. The number of nitrogens with zero attached hydrogens (tertiary/aromatic N) is 2. The Hall–Kier alpha value is -2.79. The third kappa shape index (κ3) is 3.41. The Morgan fingerprint density at radius 1 is 1.04 bits per heavy atom. The molecule has 24 heavy (non-hydrogen) atoms. The first-order valence-electron chi connectivity index (χ1n) is 7.48. The van der Waals surface area contributed by atoms with Crippen molar-refractivity contribution in [3.05, 3.63) is 87.9 Å². The van der Waals surface area contributed by atoms with E-state index in [0.717, 1.165) is 5.56 Å². The maximum Gasteiger partial charge on any atom is 0.254 e. The maximum absolute atomic E-state index is 12.8. The van der Waals surface area contributed by atoms with Crippen LogP contribution in [0.4, 0.5) is 0 Å². The van der Waals surface area contributed by atoms with E-state index in [1.165, 1.54) is 11.3 Å². The second kappa shape index (κ2) is 7.19. The lowest BCUT2D eigenvalue weighted by atomic mass is 10.0. The molecule has 0 saturated carbocycles. The fraction of sp³-hybridized carbons (Fsp3) is 0.105. The van der Waals surface area contributed by atoms with E-state index in [1.807, 2.05) is 23.6 Å². The molecule has 0 aliphatic rings. The molecular weight excluding hydrogens is 320 g/mol. The molecule has 0 aliphatic heterocycles. The van der Waals surface area contributed by atoms with Crippen LogP contribution in [0.1, 0.15) is 31.2 Å². The van der Waals surface area contributed by atoms with Gasteiger partial charge in [0.2, 0.25) is 5.78 Å². The Morgan fingerprint density at radius 3 is 2.50 bits per heavy atom. The van der Waals surface area contributed by atoms with Gasteiger partial charge in [0.25, 0.3) is 5.91 Å². The van der Waals surface area contributed by atoms with Crippen molar-refractivity contribution in [1.29, 1.82) is 0 Å². The number of thiophene rings is 1. The van der Waals surface area contributed by atoms with Crippen LogP contribution in [0.15, 0.2) is 66.3 Å². The van der Waals surface area contributed by atoms with Gasteiger partial charge in [-0.15, -0.1) is 11.3 Å². The summed E-state index contributed by atoms with van der Waals surface area (Å²) >= 11 is 1.37. The molecule has 5 heteroatoms. The highest BCUT2D eigenvalue weighted by molar-refractivity contribution is 7.12. The van der Waals surface area contributed by atoms with Gasteiger partial charge in [0.1, 0.15) is 0 Å². The van der Waals surface area contributed by atoms with Gasteiger partial charge in [0.15, 0.2) is 0 Å². The van der Waals surface area contributed by atoms with Crippen molar-refractivity contribution in [2.24, 2.45) is 0 Å². The quantitative estimate of drug-likeness (QED) is 0.668. The summed E-state index contributed by atoms with van der Waals surface area (Å²) in [5.74, 6) is -0.303. The molecule has 0 fully saturated rings. The largest absolute Gasteiger partial charge is 0.337 e. The number of carbonyl (C=O) groups excluding carboxylic acids is 2. The van der Waals surface area contributed by atoms with Crippen LogP contribution >= 0.6 is 11.3 Å². The van der Waals surface area contributed by atoms with E-state index in [4.69, 9.17) is 0 Å². The molecule has 2 heterocycles. The van der Waals surface area contributed by atoms with Crippen molar-refractivity contribution in [2.45, 2.75) is 6.54 Å². The van der Waals surface area contributed by atoms with Crippen molar-refractivity contribution in [1.82, 2.24) is 9.88 Å². The van der Waals surface area contributed by atoms with E-state index >= 15 is 0 Å². The summed E-state index contributed by atoms with van der Waals surface area (Å²) in [6.45, 7) is 0.439. The first-order chi connectivity index (χ1) is 11.7. The van der Waals surface area contributed by atoms with Gasteiger partial charge in [0.05, 0.1) is 10.4 Å². The van der Waals surface area contributed by atoms with Crippen LogP contribution in [0.25, 0.3) is 0 Å². The van der Waals surface area contributed by atoms with Gasteiger partial charge in [-0.3, -0.25) is 14.6 Å². The van der Waals surface area contributed by atoms with Gasteiger partial charge in [0, 0.05) is 31.5 Å². The van der Waals surface area contributed by atoms with Crippen molar-refractivity contribution in [2.75, 3.05) is 7.05 Å². The summed E-state index contributed by atoms with van der Waals surface area (Å²) in [6, 6.07) is 14.3. The first-order valence-corrected chi connectivity index (χ1v) is 8.36. The number of pyridine rings is 1. The number of rotatable bonds is 5. The monoisotopic (exact) mass is 336 g/mol. The second-order valence-electron chi connectivity index (χ2n) is 5.37. The summed E-state index contributed by atoms with van der Waals surface area (Å²) in [4.78, 5) is 31.7. The average Bonchev–Trinajstić information content (AvgIpc) is 3.16. The molecule has 0 unspecified atom stereocenters. The van der Waals surface area contributed by atoms with E-state index < -0.39 is 0 Å². The summed E-state index contributed by atoms with van der Waals surface area (Å²) in [6.07, 6.45) is 3.42. The van der Waals surface area contributed by atoms with Crippen molar-refractivity contribution >= 4 is 23.0 Å². The highest BCUT2D eigenvalue weighted by Crippen LogP contribution is 2.20. The number of carbonyl (C=O) groups is 2. The average molecular weight is 336 g/mol. The normalized spacial score (nSPS) is 10.4. The number of ketones is 1. The Kier molecular flexibility index (Phi) is 4.82. The molecule has 120 valence electrons. The molecule has 0 saturated heterocycles. The van der Waals surface area contributed by atoms with Crippen LogP contribution in [0.2, 0.25) is 0 Å². The molecule has 0 radical (unpaired) electrons. The van der Waals surface area contributed by atoms with Gasteiger partial charge >= 0.3 is 0 Å². The number of aromatic nitrogens is 1. The van der Waals surface area contributed by atoms with E-state index in [1.54, 1.807) is 54.7 Å². The minimum atomic E-state index is -0.181. The highest BCUT2D eigenvalue weighted by Gasteiger charge is 2.21. The zero-order valence-corrected chi connectivity index (χ0v) is 14.0. The predicted octanol–water partition coefficient (Wildman–Crippen LogP) is 3.65. The number of hydrogen-bond acceptors (Lipinski definition) is 4. The number of benzene rings is 1. The minimum Gasteiger partial charge on any atom is -0.337 e. The summed E-state index contributed by atoms with van der Waals surface area (Å²) in [5.41, 5.74) is 1.79. The van der Waals surface area contributed by atoms with Gasteiger partial charge in [-0.1, -0.05) is 30.3 Å². The topological polar surface area (TPSA) is 50.3 Å². The lowest BCUT2D eigenvalue weighted by Crippen LogP contribution is -2.27. The number of hydrogen-bond donors (Lipinski definition) is 0. The molecule has 0 aliphatic carbocycles. The molecule has 3 rings (SSSR count). The first kappa shape index (κ1) is 16.1. The number of amides is 1. The van der Waals surface area contributed by atoms with Crippen LogP contribution in [0.5, 0.6) is 0 Å². The second-order valence-corrected chi connectivity index (χ2v) is 6.32. The molecule has 2 aromatic heterocycles. The third-order valence-electron chi connectivity index (χ3n) is 3.64. The Morgan fingerprint density at radius 2 is 1.83 bits per heavy atom. The van der Waals surface area contributed by atoms with Crippen molar-refractivity contribution < 1.29 is 9.59 Å². The van der Waals surface area contributed by atoms with Gasteiger partial charge in [-0.2, -0.15) is 0 Å². The molecule has 1 amide bonds. The minimum absolute atomic E-state index is 0.122. The highest BCUT2D eigenvalue weighted by atomic mass is 32.1. The Labute approximate surface area is 144 Å². The van der Waals surface area contributed by atoms with Crippen LogP contribution in [-0.2, 0) is 6.54 Å². The Balaban J connectivity index is 1.86. The molecule has 1 aromatic carbocycles. The standard InChI is InChI=1S/C19H16N2O2S/c1-21(13-14-6-4-10-20-12-14)19(23)16-8-3-2-7-15(16)18(22)17-9-5-11-24-17/h2-12H,13H2,1H3. The smallest absolute Gasteiger partial charge is 0.254 e. The summed E-state index contributed by atoms with van der Waals surface area (Å²) in [7, 11) is 1.72. The third-order valence-corrected chi connectivity index (χ3v) is 4.50. The van der Waals surface area contributed by atoms with Gasteiger partial charge in [-0.25, -0.2) is 0 Å². The van der Waals surface area contributed by atoms with Crippen molar-refractivity contribution in [3.8, 4) is 0 Å². The maximum atomic E-state index is 12.8. The van der Waals surface area contributed by atoms with E-state index in [0.29, 0.717) is 22.5 Å². The molecule has 0 atom stereocenters. The van der Waals surface area contributed by atoms with E-state index in [-0.39, 0.29) is 11.7 Å². The van der Waals surface area contributed by atoms with Gasteiger partial charge < -0.3 is 4.90 Å². The molecular formula is C19H16N2O2S. The molecule has 4 nitrogen and oxygen atoms in total. The molecule has 0 N–H and O–H groups in total. The zero-order valence-electron chi connectivity index (χ0n) is 13.2. The van der Waals surface area contributed by atoms with E-state index in [2.05, 4.69) is 4.98 Å². The summed E-state index contributed by atoms with van der Waals surface area (Å²) < 4.78 is 0. The van der Waals surface area contributed by atoms with E-state index in [9.17, 15) is 9.59 Å². The van der Waals surface area contributed by atoms with Crippen LogP contribution in [0.3, 0.4) is 0 Å². The summed E-state index contributed by atoms with van der Waals surface area (Å²) in [5, 5.41) is 1.85. The lowest BCUT2D eigenvalue weighted by Gasteiger charge is -2.18. The van der Waals surface area contributed by atoms with Crippen LogP contribution in [-0.4, -0.2) is 28.6 Å². The molecule has 0 spiro atoms. The lowest BCUT2D eigenvalue weighted by molar-refractivity contribution is 0.0780.